The predicted molar refractivity (Wildman–Crippen MR) is 84.4 cm³/mol. The first-order chi connectivity index (χ1) is 9.38. The van der Waals surface area contributed by atoms with E-state index in [1.54, 1.807) is 18.2 Å². The highest BCUT2D eigenvalue weighted by atomic mass is 79.9. The van der Waals surface area contributed by atoms with E-state index >= 15 is 0 Å². The van der Waals surface area contributed by atoms with E-state index in [-0.39, 0.29) is 10.2 Å². The molecule has 0 unspecified atom stereocenters. The second-order valence-corrected chi connectivity index (χ2v) is 5.56. The van der Waals surface area contributed by atoms with Crippen LogP contribution in [0.3, 0.4) is 0 Å². The summed E-state index contributed by atoms with van der Waals surface area (Å²) in [6, 6.07) is 7.46. The van der Waals surface area contributed by atoms with E-state index in [0.717, 1.165) is 17.2 Å². The molecule has 0 aliphatic heterocycles. The van der Waals surface area contributed by atoms with Crippen molar-refractivity contribution in [1.82, 2.24) is 0 Å². The van der Waals surface area contributed by atoms with Crippen LogP contribution in [-0.2, 0) is 0 Å². The summed E-state index contributed by atoms with van der Waals surface area (Å²) in [7, 11) is 0. The predicted octanol–water partition coefficient (Wildman–Crippen LogP) is 4.41. The van der Waals surface area contributed by atoms with Gasteiger partial charge >= 0.3 is 0 Å². The molecule has 20 heavy (non-hydrogen) atoms. The van der Waals surface area contributed by atoms with Gasteiger partial charge in [0.15, 0.2) is 0 Å². The zero-order valence-corrected chi connectivity index (χ0v) is 12.9. The van der Waals surface area contributed by atoms with Gasteiger partial charge in [-0.3, -0.25) is 0 Å². The summed E-state index contributed by atoms with van der Waals surface area (Å²) in [4.78, 5) is 0.310. The van der Waals surface area contributed by atoms with Gasteiger partial charge in [0.25, 0.3) is 0 Å². The van der Waals surface area contributed by atoms with Gasteiger partial charge in [-0.1, -0.05) is 12.2 Å². The molecular formula is C14H11BrF2N2S. The zero-order valence-electron chi connectivity index (χ0n) is 10.5. The molecule has 0 spiro atoms. The Labute approximate surface area is 129 Å². The van der Waals surface area contributed by atoms with E-state index in [2.05, 4.69) is 21.2 Å². The Hall–Kier alpha value is -1.53. The van der Waals surface area contributed by atoms with Gasteiger partial charge in [-0.05, 0) is 52.7 Å². The van der Waals surface area contributed by atoms with Crippen molar-refractivity contribution in [1.29, 1.82) is 0 Å². The Morgan fingerprint density at radius 3 is 2.50 bits per heavy atom. The number of aryl methyl sites for hydroxylation is 1. The molecule has 0 saturated carbocycles. The van der Waals surface area contributed by atoms with Crippen molar-refractivity contribution in [3.8, 4) is 0 Å². The number of thiocarbonyl (C=S) groups is 1. The lowest BCUT2D eigenvalue weighted by molar-refractivity contribution is 0.581. The fourth-order valence-corrected chi connectivity index (χ4v) is 2.36. The monoisotopic (exact) mass is 356 g/mol. The van der Waals surface area contributed by atoms with Crippen LogP contribution in [0.4, 0.5) is 20.2 Å². The molecule has 0 aliphatic rings. The first-order valence-corrected chi connectivity index (χ1v) is 6.90. The van der Waals surface area contributed by atoms with Crippen molar-refractivity contribution in [3.05, 3.63) is 57.6 Å². The molecule has 0 aliphatic carbocycles. The first-order valence-electron chi connectivity index (χ1n) is 5.70. The molecule has 2 rings (SSSR count). The van der Waals surface area contributed by atoms with Gasteiger partial charge in [0.2, 0.25) is 0 Å². The summed E-state index contributed by atoms with van der Waals surface area (Å²) in [6.45, 7) is 1.86. The number of hydrogen-bond acceptors (Lipinski definition) is 2. The minimum atomic E-state index is -0.665. The zero-order chi connectivity index (χ0) is 14.9. The molecular weight excluding hydrogens is 346 g/mol. The Kier molecular flexibility index (Phi) is 4.35. The summed E-state index contributed by atoms with van der Waals surface area (Å²) in [6.07, 6.45) is 0. The Bertz CT molecular complexity index is 689. The molecule has 0 radical (unpaired) electrons. The molecule has 2 aromatic carbocycles. The van der Waals surface area contributed by atoms with E-state index in [4.69, 9.17) is 18.0 Å². The molecule has 0 saturated heterocycles. The average Bonchev–Trinajstić information content (AvgIpc) is 2.35. The van der Waals surface area contributed by atoms with E-state index in [0.29, 0.717) is 10.7 Å². The SMILES string of the molecule is Cc1cc(Nc2cc(Br)c(F)cc2F)ccc1C(N)=S. The van der Waals surface area contributed by atoms with Crippen LogP contribution in [-0.4, -0.2) is 4.99 Å². The standard InChI is InChI=1S/C14H11BrF2N2S/c1-7-4-8(2-3-9(7)14(18)20)19-13-5-10(15)11(16)6-12(13)17/h2-6,19H,1H3,(H2,18,20). The molecule has 2 nitrogen and oxygen atoms in total. The lowest BCUT2D eigenvalue weighted by Crippen LogP contribution is -2.11. The van der Waals surface area contributed by atoms with E-state index in [9.17, 15) is 8.78 Å². The molecule has 3 N–H and O–H groups in total. The minimum absolute atomic E-state index is 0.181. The van der Waals surface area contributed by atoms with Crippen LogP contribution in [0.15, 0.2) is 34.8 Å². The highest BCUT2D eigenvalue weighted by Crippen LogP contribution is 2.27. The van der Waals surface area contributed by atoms with Crippen LogP contribution in [0.1, 0.15) is 11.1 Å². The number of anilines is 2. The van der Waals surface area contributed by atoms with Gasteiger partial charge in [-0.2, -0.15) is 0 Å². The van der Waals surface area contributed by atoms with Crippen molar-refractivity contribution in [2.75, 3.05) is 5.32 Å². The summed E-state index contributed by atoms with van der Waals surface area (Å²) in [5, 5.41) is 2.89. The number of nitrogens with two attached hydrogens (primary N) is 1. The van der Waals surface area contributed by atoms with Gasteiger partial charge in [0.05, 0.1) is 10.2 Å². The lowest BCUT2D eigenvalue weighted by Gasteiger charge is -2.11. The third-order valence-corrected chi connectivity index (χ3v) is 3.61. The molecule has 0 bridgehead atoms. The second kappa shape index (κ2) is 5.85. The van der Waals surface area contributed by atoms with Crippen molar-refractivity contribution >= 4 is 44.5 Å². The fraction of sp³-hybridized carbons (Fsp3) is 0.0714. The van der Waals surface area contributed by atoms with Crippen molar-refractivity contribution in [2.24, 2.45) is 5.73 Å². The highest BCUT2D eigenvalue weighted by molar-refractivity contribution is 9.10. The van der Waals surface area contributed by atoms with Gasteiger partial charge in [-0.15, -0.1) is 0 Å². The topological polar surface area (TPSA) is 38.0 Å². The van der Waals surface area contributed by atoms with E-state index < -0.39 is 11.6 Å². The summed E-state index contributed by atoms with van der Waals surface area (Å²) in [5.74, 6) is -1.31. The smallest absolute Gasteiger partial charge is 0.149 e. The molecule has 6 heteroatoms. The third kappa shape index (κ3) is 3.13. The summed E-state index contributed by atoms with van der Waals surface area (Å²) in [5.41, 5.74) is 8.08. The maximum absolute atomic E-state index is 13.7. The van der Waals surface area contributed by atoms with Gasteiger partial charge in [-0.25, -0.2) is 8.78 Å². The van der Waals surface area contributed by atoms with Crippen LogP contribution in [0.25, 0.3) is 0 Å². The normalized spacial score (nSPS) is 10.4. The molecule has 0 fully saturated rings. The largest absolute Gasteiger partial charge is 0.389 e. The van der Waals surface area contributed by atoms with Gasteiger partial charge in [0, 0.05) is 17.3 Å². The van der Waals surface area contributed by atoms with Crippen LogP contribution in [0.2, 0.25) is 0 Å². The first kappa shape index (κ1) is 14.9. The molecule has 0 atom stereocenters. The second-order valence-electron chi connectivity index (χ2n) is 4.27. The molecule has 104 valence electrons. The maximum atomic E-state index is 13.7. The van der Waals surface area contributed by atoms with Gasteiger partial charge in [0.1, 0.15) is 16.6 Å². The fourth-order valence-electron chi connectivity index (χ4n) is 1.79. The van der Waals surface area contributed by atoms with Crippen molar-refractivity contribution < 1.29 is 8.78 Å². The van der Waals surface area contributed by atoms with Crippen LogP contribution in [0.5, 0.6) is 0 Å². The summed E-state index contributed by atoms with van der Waals surface area (Å²) < 4.78 is 27.0. The Morgan fingerprint density at radius 1 is 1.20 bits per heavy atom. The van der Waals surface area contributed by atoms with Crippen molar-refractivity contribution in [3.63, 3.8) is 0 Å². The number of hydrogen-bond donors (Lipinski definition) is 2. The minimum Gasteiger partial charge on any atom is -0.389 e. The van der Waals surface area contributed by atoms with E-state index in [1.165, 1.54) is 6.07 Å². The molecule has 0 amide bonds. The molecule has 2 aromatic rings. The van der Waals surface area contributed by atoms with Crippen LogP contribution >= 0.6 is 28.1 Å². The summed E-state index contributed by atoms with van der Waals surface area (Å²) >= 11 is 7.95. The Balaban J connectivity index is 2.33. The third-order valence-electron chi connectivity index (χ3n) is 2.78. The number of benzene rings is 2. The van der Waals surface area contributed by atoms with Crippen LogP contribution in [0, 0.1) is 18.6 Å². The Morgan fingerprint density at radius 2 is 1.90 bits per heavy atom. The van der Waals surface area contributed by atoms with Crippen molar-refractivity contribution in [2.45, 2.75) is 6.92 Å². The van der Waals surface area contributed by atoms with Crippen LogP contribution < -0.4 is 11.1 Å². The average molecular weight is 357 g/mol. The van der Waals surface area contributed by atoms with Gasteiger partial charge < -0.3 is 11.1 Å². The molecule has 0 aromatic heterocycles. The maximum Gasteiger partial charge on any atom is 0.149 e. The number of halogens is 3. The highest BCUT2D eigenvalue weighted by Gasteiger charge is 2.09. The molecule has 0 heterocycles. The van der Waals surface area contributed by atoms with E-state index in [1.807, 2.05) is 6.92 Å². The number of nitrogens with one attached hydrogen (secondary N) is 1. The number of rotatable bonds is 3. The quantitative estimate of drug-likeness (QED) is 0.631. The lowest BCUT2D eigenvalue weighted by atomic mass is 10.1.